The minimum absolute atomic E-state index is 0.0388. The summed E-state index contributed by atoms with van der Waals surface area (Å²) in [7, 11) is 3.44. The Hall–Kier alpha value is -4.34. The molecule has 0 aliphatic carbocycles. The second kappa shape index (κ2) is 21.4. The van der Waals surface area contributed by atoms with Crippen LogP contribution >= 0.6 is 22.6 Å². The number of nitrogens with one attached hydrogen (secondary N) is 1. The van der Waals surface area contributed by atoms with E-state index in [9.17, 15) is 34.8 Å². The molecule has 2 unspecified atom stereocenters. The predicted octanol–water partition coefficient (Wildman–Crippen LogP) is 4.92. The number of likely N-dealkylation sites (N-methyl/N-ethyl adjacent to an activating group) is 1. The highest BCUT2D eigenvalue weighted by Crippen LogP contribution is 2.51. The molecule has 0 radical (unpaired) electrons. The Kier molecular flexibility index (Phi) is 16.3. The Bertz CT molecular complexity index is 2550. The first kappa shape index (κ1) is 53.5. The molecule has 384 valence electrons. The SMILES string of the molecule is CO[C@H]1/C=C/O[C@@]2(C)Oc3c(C)c(O)c4c(O)c(c5c(c4c3C2=O)NC2(CCN(CC(C)I)CC2)N=5)=NC(C)/C(C)=C\C=C\[C@H](C)[C@H](O)[C@@H](C)[C@@H](O)[C@@H](C)[C@H](OC(=O)CC(=O)N2CCN(C)CC2)[C@@H]1C. The number of carbonyl (C=O) groups excluding carboxylic acids is 3. The molecule has 0 aromatic heterocycles. The Morgan fingerprint density at radius 2 is 1.61 bits per heavy atom. The van der Waals surface area contributed by atoms with Crippen molar-refractivity contribution in [3.63, 3.8) is 0 Å². The van der Waals surface area contributed by atoms with Gasteiger partial charge in [0, 0.05) is 111 Å². The summed E-state index contributed by atoms with van der Waals surface area (Å²) < 4.78 is 25.2. The highest BCUT2D eigenvalue weighted by molar-refractivity contribution is 14.1. The van der Waals surface area contributed by atoms with Gasteiger partial charge >= 0.3 is 11.8 Å². The number of carbonyl (C=O) groups is 3. The third-order valence-corrected chi connectivity index (χ3v) is 15.8. The van der Waals surface area contributed by atoms with Crippen molar-refractivity contribution in [1.82, 2.24) is 14.7 Å². The summed E-state index contributed by atoms with van der Waals surface area (Å²) in [5, 5.41) is 52.5. The van der Waals surface area contributed by atoms with Crippen LogP contribution in [0.3, 0.4) is 0 Å². The van der Waals surface area contributed by atoms with E-state index < -0.39 is 83.8 Å². The Labute approximate surface area is 424 Å². The smallest absolute Gasteiger partial charge is 0.315 e. The van der Waals surface area contributed by atoms with Crippen LogP contribution < -0.4 is 20.8 Å². The third-order valence-electron chi connectivity index (χ3n) is 15.4. The fourth-order valence-electron chi connectivity index (χ4n) is 10.6. The van der Waals surface area contributed by atoms with Crippen LogP contribution in [0.2, 0.25) is 0 Å². The van der Waals surface area contributed by atoms with Crippen LogP contribution in [0.25, 0.3) is 10.8 Å². The molecule has 6 heterocycles. The molecule has 70 heavy (non-hydrogen) atoms. The van der Waals surface area contributed by atoms with E-state index in [-0.39, 0.29) is 50.4 Å². The maximum atomic E-state index is 15.0. The zero-order valence-electron chi connectivity index (χ0n) is 42.5. The molecule has 2 aromatic carbocycles. The van der Waals surface area contributed by atoms with Crippen molar-refractivity contribution >= 4 is 56.7 Å². The van der Waals surface area contributed by atoms with Crippen LogP contribution in [-0.4, -0.2) is 159 Å². The fraction of sp³-hybridized carbons (Fsp3) is 0.635. The molecular weight excluding hydrogens is 1010 g/mol. The molecule has 2 aromatic rings. The summed E-state index contributed by atoms with van der Waals surface area (Å²) in [6.45, 7) is 21.0. The number of ketones is 1. The first-order chi connectivity index (χ1) is 33.0. The molecule has 11 atom stereocenters. The van der Waals surface area contributed by atoms with Gasteiger partial charge in [0.2, 0.25) is 5.91 Å². The molecule has 6 aliphatic heterocycles. The van der Waals surface area contributed by atoms with E-state index in [1.165, 1.54) is 20.3 Å². The molecule has 6 aliphatic rings. The van der Waals surface area contributed by atoms with Crippen molar-refractivity contribution < 1.29 is 53.8 Å². The van der Waals surface area contributed by atoms with Crippen LogP contribution in [-0.2, 0) is 23.8 Å². The molecule has 1 amide bonds. The van der Waals surface area contributed by atoms with E-state index in [0.29, 0.717) is 54.0 Å². The number of aromatic hydroxyl groups is 2. The molecule has 18 heteroatoms. The highest BCUT2D eigenvalue weighted by atomic mass is 127. The van der Waals surface area contributed by atoms with Gasteiger partial charge in [-0.3, -0.25) is 24.4 Å². The van der Waals surface area contributed by atoms with Gasteiger partial charge in [-0.25, -0.2) is 0 Å². The van der Waals surface area contributed by atoms with E-state index in [0.717, 1.165) is 25.2 Å². The van der Waals surface area contributed by atoms with E-state index in [1.54, 1.807) is 38.7 Å². The normalized spacial score (nSPS) is 33.0. The largest absolute Gasteiger partial charge is 0.507 e. The molecule has 2 saturated heterocycles. The number of esters is 1. The number of likely N-dealkylation sites (tertiary alicyclic amines) is 1. The second-order valence-electron chi connectivity index (χ2n) is 20.6. The van der Waals surface area contributed by atoms with E-state index in [1.807, 2.05) is 46.0 Å². The van der Waals surface area contributed by atoms with Crippen LogP contribution in [0.5, 0.6) is 17.2 Å². The number of nitrogens with zero attached hydrogens (tertiary/aromatic N) is 5. The minimum Gasteiger partial charge on any atom is -0.507 e. The van der Waals surface area contributed by atoms with Crippen LogP contribution in [0, 0.1) is 30.6 Å². The van der Waals surface area contributed by atoms with Crippen LogP contribution in [0.15, 0.2) is 46.1 Å². The quantitative estimate of drug-likeness (QED) is 0.0854. The summed E-state index contributed by atoms with van der Waals surface area (Å²) in [4.78, 5) is 58.5. The fourth-order valence-corrected chi connectivity index (χ4v) is 11.1. The molecule has 0 saturated carbocycles. The number of rotatable bonds is 6. The Balaban J connectivity index is 1.32. The number of phenolic OH excluding ortho intramolecular Hbond substituents is 2. The number of amides is 1. The number of methoxy groups -OCH3 is 1. The lowest BCUT2D eigenvalue weighted by atomic mass is 9.78. The monoisotopic (exact) mass is 1080 g/mol. The number of aliphatic hydroxyl groups excluding tert-OH is 2. The van der Waals surface area contributed by atoms with Gasteiger partial charge in [0.05, 0.1) is 47.3 Å². The first-order valence-electron chi connectivity index (χ1n) is 24.7. The molecule has 2 fully saturated rings. The van der Waals surface area contributed by atoms with Crippen molar-refractivity contribution in [1.29, 1.82) is 0 Å². The van der Waals surface area contributed by atoms with Crippen molar-refractivity contribution in [3.8, 4) is 17.2 Å². The predicted molar refractivity (Wildman–Crippen MR) is 274 cm³/mol. The van der Waals surface area contributed by atoms with E-state index in [2.05, 4.69) is 44.6 Å². The number of alkyl halides is 1. The van der Waals surface area contributed by atoms with Crippen LogP contribution in [0.4, 0.5) is 5.69 Å². The number of halogens is 1. The maximum absolute atomic E-state index is 15.0. The van der Waals surface area contributed by atoms with Gasteiger partial charge in [0.15, 0.2) is 5.75 Å². The molecule has 5 bridgehead atoms. The maximum Gasteiger partial charge on any atom is 0.315 e. The zero-order valence-corrected chi connectivity index (χ0v) is 44.6. The number of hydrogen-bond donors (Lipinski definition) is 5. The molecule has 8 rings (SSSR count). The number of allylic oxidation sites excluding steroid dienone is 2. The van der Waals surface area contributed by atoms with E-state index in [4.69, 9.17) is 28.9 Å². The number of ether oxygens (including phenoxy) is 4. The summed E-state index contributed by atoms with van der Waals surface area (Å²) in [5.74, 6) is -6.69. The minimum atomic E-state index is -1.95. The van der Waals surface area contributed by atoms with Crippen molar-refractivity contribution in [2.24, 2.45) is 33.7 Å². The standard InChI is InChI=1S/C52H73IN6O11/c1-27-13-12-14-28(2)44(62)31(5)45(63)32(6)48(69-37(61)25-36(60)59-22-20-57(10)21-23-59)30(4)35(67-11)15-24-68-51(9)50(66)40-38-39(46(64)33(7)49(40)70-51)47(65)43(54-34(27)8)42-41(38)55-52(56-42)16-18-58(19-17-52)26-29(3)53/h12-15,24,28-32,34-35,44-45,48,55,62-65H,16-23,25-26H2,1-11H3/b14-12+,24-15+,27-13-,54-43?/t28-,29?,30+,31+,32+,34?,35-,44-,45+,48+,51-/m0/s1. The molecular formula is C52H73IN6O11. The van der Waals surface area contributed by atoms with Gasteiger partial charge in [-0.05, 0) is 39.5 Å². The average Bonchev–Trinajstić information content (AvgIpc) is 3.82. The summed E-state index contributed by atoms with van der Waals surface area (Å²) in [5.41, 5.74) is 0.842. The highest BCUT2D eigenvalue weighted by Gasteiger charge is 2.51. The summed E-state index contributed by atoms with van der Waals surface area (Å²) >= 11 is 2.43. The van der Waals surface area contributed by atoms with Crippen LogP contribution in [0.1, 0.15) is 90.6 Å². The number of fused-ring (bicyclic) bond motifs is 13. The number of hydrogen-bond acceptors (Lipinski definition) is 16. The van der Waals surface area contributed by atoms with Crippen molar-refractivity contribution in [2.45, 2.75) is 127 Å². The van der Waals surface area contributed by atoms with E-state index >= 15 is 0 Å². The second-order valence-corrected chi connectivity index (χ2v) is 22.7. The van der Waals surface area contributed by atoms with Gasteiger partial charge in [0.1, 0.15) is 40.4 Å². The van der Waals surface area contributed by atoms with Gasteiger partial charge in [0.25, 0.3) is 5.78 Å². The average molecular weight is 1090 g/mol. The lowest BCUT2D eigenvalue weighted by Gasteiger charge is -2.38. The van der Waals surface area contributed by atoms with Gasteiger partial charge < -0.3 is 59.4 Å². The molecule has 5 N–H and O–H groups in total. The van der Waals surface area contributed by atoms with Gasteiger partial charge in [-0.1, -0.05) is 75.4 Å². The number of piperazine rings is 1. The first-order valence-corrected chi connectivity index (χ1v) is 25.9. The van der Waals surface area contributed by atoms with Crippen molar-refractivity contribution in [2.75, 3.05) is 65.3 Å². The Morgan fingerprint density at radius 3 is 2.26 bits per heavy atom. The van der Waals surface area contributed by atoms with Gasteiger partial charge in [-0.15, -0.1) is 0 Å². The lowest BCUT2D eigenvalue weighted by Crippen LogP contribution is -2.49. The molecule has 17 nitrogen and oxygen atoms in total. The zero-order chi connectivity index (χ0) is 51.1. The lowest BCUT2D eigenvalue weighted by molar-refractivity contribution is -0.165. The number of phenols is 2. The topological polar surface area (TPSA) is 216 Å². The number of aliphatic hydroxyl groups is 2. The number of piperidine rings is 1. The van der Waals surface area contributed by atoms with Crippen molar-refractivity contribution in [3.05, 3.63) is 58.0 Å². The number of benzene rings is 2. The molecule has 1 spiro atoms. The summed E-state index contributed by atoms with van der Waals surface area (Å²) in [6, 6.07) is -0.497. The Morgan fingerprint density at radius 1 is 0.943 bits per heavy atom. The number of anilines is 1. The van der Waals surface area contributed by atoms with Gasteiger partial charge in [-0.2, -0.15) is 0 Å². The summed E-state index contributed by atoms with van der Waals surface area (Å²) in [6.07, 6.45) is 5.14. The third kappa shape index (κ3) is 10.6. The number of Topliss-reactive ketones (excluding diaryl/α,β-unsaturated/α-hetero) is 1.